The van der Waals surface area contributed by atoms with E-state index in [0.29, 0.717) is 30.4 Å². The molecule has 0 spiro atoms. The molecule has 0 heterocycles. The molecule has 0 saturated heterocycles. The van der Waals surface area contributed by atoms with Crippen molar-refractivity contribution < 1.29 is 117 Å². The molecule has 0 aromatic rings. The maximum Gasteiger partial charge on any atom is 1.00 e. The quantitative estimate of drug-likeness (QED) is 0.0363. The Morgan fingerprint density at radius 3 is 1.40 bits per heavy atom. The van der Waals surface area contributed by atoms with Crippen molar-refractivity contribution in [1.82, 2.24) is 16.0 Å². The summed E-state index contributed by atoms with van der Waals surface area (Å²) in [7, 11) is 2.56. The minimum absolute atomic E-state index is 0. The topological polar surface area (TPSA) is 291 Å². The molecule has 0 unspecified atom stereocenters. The molecule has 0 aliphatic rings. The fourth-order valence-electron chi connectivity index (χ4n) is 1.95. The number of thiol groups is 3. The number of aldehydes is 4. The molecule has 0 radical (unpaired) electrons. The summed E-state index contributed by atoms with van der Waals surface area (Å²) in [5, 5.41) is 24.4. The van der Waals surface area contributed by atoms with Gasteiger partial charge in [0.25, 0.3) is 0 Å². The zero-order valence-corrected chi connectivity index (χ0v) is 42.6. The number of carboxylic acid groups (broad SMARTS) is 2. The van der Waals surface area contributed by atoms with Gasteiger partial charge in [-0.2, -0.15) is 37.9 Å². The average Bonchev–Trinajstić information content (AvgIpc) is 3.12. The van der Waals surface area contributed by atoms with E-state index in [2.05, 4.69) is 65.6 Å². The number of amides is 1. The van der Waals surface area contributed by atoms with Crippen molar-refractivity contribution in [3.05, 3.63) is 0 Å². The van der Waals surface area contributed by atoms with Crippen molar-refractivity contribution in [3.8, 4) is 0 Å². The molecule has 0 bridgehead atoms. The van der Waals surface area contributed by atoms with Crippen molar-refractivity contribution >= 4 is 116 Å². The first kappa shape index (κ1) is 81.7. The van der Waals surface area contributed by atoms with Crippen LogP contribution in [0.25, 0.3) is 0 Å². The van der Waals surface area contributed by atoms with Crippen molar-refractivity contribution in [2.75, 3.05) is 44.1 Å². The zero-order chi connectivity index (χ0) is 40.2. The van der Waals surface area contributed by atoms with E-state index < -0.39 is 36.0 Å². The molecule has 53 heavy (non-hydrogen) atoms. The van der Waals surface area contributed by atoms with Crippen molar-refractivity contribution in [2.45, 2.75) is 98.4 Å². The minimum atomic E-state index is -0.964. The molecule has 0 rings (SSSR count). The molecule has 11 N–H and O–H groups in total. The van der Waals surface area contributed by atoms with Crippen LogP contribution in [0.15, 0.2) is 0 Å². The van der Waals surface area contributed by atoms with Crippen LogP contribution >= 0.6 is 55.1 Å². The Labute approximate surface area is 403 Å². The molecule has 0 fully saturated rings. The van der Waals surface area contributed by atoms with E-state index in [1.807, 2.05) is 34.4 Å². The number of aliphatic carboxylic acids is 2. The van der Waals surface area contributed by atoms with E-state index in [1.165, 1.54) is 0 Å². The second-order valence-corrected chi connectivity index (χ2v) is 10.7. The number of ketones is 1. The maximum absolute atomic E-state index is 11.6. The summed E-state index contributed by atoms with van der Waals surface area (Å²) < 4.78 is 0. The van der Waals surface area contributed by atoms with Gasteiger partial charge in [0.05, 0.1) is 43.3 Å². The van der Waals surface area contributed by atoms with E-state index in [4.69, 9.17) is 27.4 Å². The minimum Gasteiger partial charge on any atom is -0.577 e. The molecule has 0 aliphatic carbocycles. The van der Waals surface area contributed by atoms with Gasteiger partial charge in [-0.1, -0.05) is 54.4 Å². The van der Waals surface area contributed by atoms with Crippen LogP contribution in [-0.2, 0) is 50.2 Å². The number of nitrogens with one attached hydrogen (secondary N) is 3. The van der Waals surface area contributed by atoms with Gasteiger partial charge in [0.2, 0.25) is 5.91 Å². The van der Waals surface area contributed by atoms with Gasteiger partial charge in [-0.05, 0) is 33.9 Å². The molecule has 0 saturated carbocycles. The van der Waals surface area contributed by atoms with Gasteiger partial charge in [0, 0.05) is 30.1 Å². The molecule has 0 aromatic heterocycles. The third-order valence-electron chi connectivity index (χ3n) is 4.40. The maximum atomic E-state index is 11.6. The number of carboxylic acids is 2. The molecule has 16 nitrogen and oxygen atoms in total. The second kappa shape index (κ2) is 70.4. The Balaban J connectivity index is -0.0000000472. The predicted molar refractivity (Wildman–Crippen MR) is 232 cm³/mol. The molecular weight excluding hydrogens is 927 g/mol. The number of carbonyl (C=O) groups excluding carboxylic acids is 6. The van der Waals surface area contributed by atoms with Crippen molar-refractivity contribution in [2.24, 2.45) is 17.2 Å². The van der Waals surface area contributed by atoms with Crippen LogP contribution in [0.3, 0.4) is 0 Å². The van der Waals surface area contributed by atoms with Crippen LogP contribution in [0.4, 0.5) is 0 Å². The third-order valence-corrected chi connectivity index (χ3v) is 5.61. The van der Waals surface area contributed by atoms with Crippen LogP contribution in [0.5, 0.6) is 0 Å². The third kappa shape index (κ3) is 77.8. The van der Waals surface area contributed by atoms with Crippen LogP contribution in [-0.4, -0.2) is 133 Å². The van der Waals surface area contributed by atoms with Gasteiger partial charge < -0.3 is 72.4 Å². The summed E-state index contributed by atoms with van der Waals surface area (Å²) in [6.07, 6.45) is 2.78. The average molecular weight is 997 g/mol. The number of hydrogen-bond donors (Lipinski definition) is 11. The molecule has 23 heteroatoms. The van der Waals surface area contributed by atoms with Gasteiger partial charge >= 0.3 is 80.8 Å². The first-order chi connectivity index (χ1) is 23.2. The number of likely N-dealkylation sites (N-methyl/N-ethyl adjacent to an activating group) is 1. The smallest absolute Gasteiger partial charge is 0.577 e. The van der Waals surface area contributed by atoms with E-state index >= 15 is 0 Å². The van der Waals surface area contributed by atoms with Crippen molar-refractivity contribution in [3.63, 3.8) is 0 Å². The van der Waals surface area contributed by atoms with Gasteiger partial charge in [-0.3, -0.25) is 19.2 Å². The fourth-order valence-corrected chi connectivity index (χ4v) is 2.43. The molecule has 0 aromatic carbocycles. The van der Waals surface area contributed by atoms with E-state index in [9.17, 15) is 38.4 Å². The number of rotatable bonds is 20. The Bertz CT molecular complexity index is 870. The van der Waals surface area contributed by atoms with Gasteiger partial charge in [0.1, 0.15) is 25.1 Å². The Morgan fingerprint density at radius 2 is 1.15 bits per heavy atom. The largest absolute Gasteiger partial charge is 1.00 e. The number of hydrogen-bond acceptors (Lipinski definition) is 17. The Morgan fingerprint density at radius 1 is 0.774 bits per heavy atom. The Kier molecular flexibility index (Phi) is 109. The normalized spacial score (nSPS) is 11.1. The molecule has 314 valence electrons. The fraction of sp³-hybridized carbons (Fsp3) is 0.733. The molecule has 5 atom stereocenters. The van der Waals surface area contributed by atoms with Crippen LogP contribution < -0.4 is 102 Å². The molecule has 0 aliphatic heterocycles. The summed E-state index contributed by atoms with van der Waals surface area (Å²) in [5.41, 5.74) is 15.2. The molecule has 1 amide bonds. The van der Waals surface area contributed by atoms with Gasteiger partial charge in [0.15, 0.2) is 5.78 Å². The first-order valence-corrected chi connectivity index (χ1v) is 19.2. The second-order valence-electron chi connectivity index (χ2n) is 8.15. The van der Waals surface area contributed by atoms with Gasteiger partial charge in [-0.25, -0.2) is 0 Å². The Hall–Kier alpha value is 0.612. The standard InChI is InChI=1S/C9H16N2O4S.C6H12N2O2S.C5H9NO3.C3H7NOS.2C2H6.CH3PS.2CH4.Cs.H2P/c1-10-7(2-3-8(13)14)9(15)11-6(4-12)5-16;7-1-6(10)2-8-5(3-9)4-11;6-4(3-7)1-2-5(8)9;4-3(1-5)2-6;2*1-2;1-2-3;;;;/h4,6-7,10,16H,2-3,5H2,1H3,(H,11,15)(H,13,14);3,5,8,11H,1-2,4,7H2;3-4H,1-2,6H2,(H,8,9);1,3,6H,2,4H2;2*1-2H3;1H3;2*1H4;;1H2/q;;;;;;;;;+1;-1/t6-,7-;5-;4-;3-;;;;;;;/m0010......./s1. The monoisotopic (exact) mass is 996 g/mol. The zero-order valence-electron chi connectivity index (χ0n) is 30.7. The summed E-state index contributed by atoms with van der Waals surface area (Å²) in [5.74, 6) is -1.36. The summed E-state index contributed by atoms with van der Waals surface area (Å²) in [4.78, 5) is 82.4. The van der Waals surface area contributed by atoms with E-state index in [0.717, 1.165) is 13.6 Å². The van der Waals surface area contributed by atoms with Gasteiger partial charge in [-0.15, -0.1) is 0 Å². The van der Waals surface area contributed by atoms with Crippen LogP contribution in [0, 0.1) is 0 Å². The van der Waals surface area contributed by atoms with Crippen molar-refractivity contribution in [1.29, 1.82) is 0 Å². The number of carbonyl (C=O) groups is 8. The SMILES string of the molecule is C.C.CC.CC.CN[C@@H](CCC(=O)O)C(=O)N[C@@H](C=O)CS.CP=S.NCC(=O)CN[C@@H](C=O)CS.N[C@@H](C=O)CCC(=O)O.N[C@@H](C=O)CS.[Cs+].[PH2-]. The first-order valence-electron chi connectivity index (χ1n) is 14.9. The van der Waals surface area contributed by atoms with Crippen LogP contribution in [0.1, 0.15) is 68.2 Å². The molecular formula is C30H69CsN6O10P2S4. The summed E-state index contributed by atoms with van der Waals surface area (Å²) in [6, 6.07) is -2.61. The van der Waals surface area contributed by atoms with Crippen LogP contribution in [0.2, 0.25) is 0 Å². The number of Topliss-reactive ketones (excluding diaryl/α,β-unsaturated/α-hetero) is 1. The number of nitrogens with two attached hydrogens (primary N) is 3. The predicted octanol–water partition coefficient (Wildman–Crippen LogP) is -1.85. The van der Waals surface area contributed by atoms with E-state index in [-0.39, 0.29) is 156 Å². The van der Waals surface area contributed by atoms with E-state index in [1.54, 1.807) is 7.05 Å². The summed E-state index contributed by atoms with van der Waals surface area (Å²) >= 11 is 15.9. The summed E-state index contributed by atoms with van der Waals surface area (Å²) in [6.45, 7) is 10.1.